The zero-order chi connectivity index (χ0) is 17.6. The third-order valence-corrected chi connectivity index (χ3v) is 3.43. The largest absolute Gasteiger partial charge is 0.494 e. The highest BCUT2D eigenvalue weighted by molar-refractivity contribution is 5.94. The molecule has 2 aromatic rings. The third kappa shape index (κ3) is 4.75. The first kappa shape index (κ1) is 17.8. The van der Waals surface area contributed by atoms with E-state index in [2.05, 4.69) is 5.32 Å². The van der Waals surface area contributed by atoms with Gasteiger partial charge in [-0.15, -0.1) is 0 Å². The van der Waals surface area contributed by atoms with E-state index >= 15 is 0 Å². The Hall–Kier alpha value is -2.50. The number of ether oxygens (including phenoxy) is 1. The first-order chi connectivity index (χ1) is 11.4. The van der Waals surface area contributed by atoms with Crippen molar-refractivity contribution in [3.05, 3.63) is 65.7 Å². The Kier molecular flexibility index (Phi) is 5.84. The second-order valence-corrected chi connectivity index (χ2v) is 5.18. The minimum absolute atomic E-state index is 0.185. The Balaban J connectivity index is 2.20. The van der Waals surface area contributed by atoms with Crippen LogP contribution in [-0.4, -0.2) is 24.7 Å². The molecule has 3 nitrogen and oxygen atoms in total. The average molecular weight is 337 g/mol. The van der Waals surface area contributed by atoms with Gasteiger partial charge in [-0.3, -0.25) is 4.79 Å². The van der Waals surface area contributed by atoms with Crippen molar-refractivity contribution in [2.75, 3.05) is 6.61 Å². The Morgan fingerprint density at radius 3 is 2.33 bits per heavy atom. The molecule has 0 spiro atoms. The van der Waals surface area contributed by atoms with Gasteiger partial charge in [0.2, 0.25) is 0 Å². The van der Waals surface area contributed by atoms with Crippen molar-refractivity contribution in [1.29, 1.82) is 0 Å². The zero-order valence-corrected chi connectivity index (χ0v) is 13.1. The molecule has 24 heavy (non-hydrogen) atoms. The molecular weight excluding hydrogens is 319 g/mol. The lowest BCUT2D eigenvalue weighted by molar-refractivity contribution is -0.153. The summed E-state index contributed by atoms with van der Waals surface area (Å²) in [5.74, 6) is -0.366. The zero-order valence-electron chi connectivity index (χ0n) is 13.1. The van der Waals surface area contributed by atoms with Crippen molar-refractivity contribution in [2.24, 2.45) is 0 Å². The second kappa shape index (κ2) is 7.86. The standard InChI is InChI=1S/C18H18F3NO2/c1-2-24-15-11-7-6-10-14(15)12-16(18(19,20)21)22-17(23)13-8-4-3-5-9-13/h3-11,16H,2,12H2,1H3,(H,22,23)/t16-/m0/s1. The van der Waals surface area contributed by atoms with Crippen LogP contribution in [0.3, 0.4) is 0 Å². The van der Waals surface area contributed by atoms with Gasteiger partial charge in [0.15, 0.2) is 0 Å². The normalized spacial score (nSPS) is 12.5. The number of para-hydroxylation sites is 1. The van der Waals surface area contributed by atoms with Gasteiger partial charge in [0.1, 0.15) is 11.8 Å². The first-order valence-electron chi connectivity index (χ1n) is 7.55. The summed E-state index contributed by atoms with van der Waals surface area (Å²) in [4.78, 5) is 12.1. The van der Waals surface area contributed by atoms with Gasteiger partial charge in [0.25, 0.3) is 5.91 Å². The van der Waals surface area contributed by atoms with E-state index < -0.39 is 24.5 Å². The number of hydrogen-bond acceptors (Lipinski definition) is 2. The van der Waals surface area contributed by atoms with Gasteiger partial charge >= 0.3 is 6.18 Å². The lowest BCUT2D eigenvalue weighted by Gasteiger charge is -2.23. The summed E-state index contributed by atoms with van der Waals surface area (Å²) in [6.45, 7) is 2.11. The summed E-state index contributed by atoms with van der Waals surface area (Å²) in [5, 5.41) is 2.07. The van der Waals surface area contributed by atoms with Crippen LogP contribution in [0.4, 0.5) is 13.2 Å². The lowest BCUT2D eigenvalue weighted by Crippen LogP contribution is -2.46. The molecule has 1 amide bonds. The Labute approximate surface area is 138 Å². The second-order valence-electron chi connectivity index (χ2n) is 5.18. The van der Waals surface area contributed by atoms with Gasteiger partial charge in [0, 0.05) is 12.0 Å². The van der Waals surface area contributed by atoms with Crippen LogP contribution < -0.4 is 10.1 Å². The molecule has 0 aliphatic carbocycles. The molecule has 2 aromatic carbocycles. The quantitative estimate of drug-likeness (QED) is 0.866. The Bertz CT molecular complexity index is 671. The van der Waals surface area contributed by atoms with Gasteiger partial charge in [-0.25, -0.2) is 0 Å². The maximum atomic E-state index is 13.3. The van der Waals surface area contributed by atoms with E-state index in [-0.39, 0.29) is 5.56 Å². The lowest BCUT2D eigenvalue weighted by atomic mass is 10.0. The molecule has 0 heterocycles. The number of rotatable bonds is 6. The average Bonchev–Trinajstić information content (AvgIpc) is 2.56. The van der Waals surface area contributed by atoms with Crippen molar-refractivity contribution in [2.45, 2.75) is 25.6 Å². The number of halogens is 3. The number of benzene rings is 2. The molecule has 0 aromatic heterocycles. The van der Waals surface area contributed by atoms with Gasteiger partial charge in [-0.2, -0.15) is 13.2 Å². The maximum Gasteiger partial charge on any atom is 0.408 e. The van der Waals surface area contributed by atoms with Crippen molar-refractivity contribution >= 4 is 5.91 Å². The molecule has 0 aliphatic heterocycles. The van der Waals surface area contributed by atoms with E-state index in [4.69, 9.17) is 4.74 Å². The fourth-order valence-electron chi connectivity index (χ4n) is 2.27. The van der Waals surface area contributed by atoms with Crippen LogP contribution in [0.25, 0.3) is 0 Å². The van der Waals surface area contributed by atoms with Crippen LogP contribution in [0.1, 0.15) is 22.8 Å². The van der Waals surface area contributed by atoms with E-state index in [1.807, 2.05) is 0 Å². The van der Waals surface area contributed by atoms with Gasteiger partial charge in [-0.05, 0) is 30.7 Å². The van der Waals surface area contributed by atoms with Crippen molar-refractivity contribution in [1.82, 2.24) is 5.32 Å². The van der Waals surface area contributed by atoms with E-state index in [0.29, 0.717) is 17.9 Å². The van der Waals surface area contributed by atoms with Crippen LogP contribution in [0, 0.1) is 0 Å². The Morgan fingerprint density at radius 2 is 1.71 bits per heavy atom. The number of carbonyl (C=O) groups excluding carboxylic acids is 1. The van der Waals surface area contributed by atoms with Crippen LogP contribution in [0.5, 0.6) is 5.75 Å². The minimum atomic E-state index is -4.57. The molecule has 0 saturated heterocycles. The molecule has 0 radical (unpaired) electrons. The van der Waals surface area contributed by atoms with Gasteiger partial charge in [-0.1, -0.05) is 36.4 Å². The fraction of sp³-hybridized carbons (Fsp3) is 0.278. The summed E-state index contributed by atoms with van der Waals surface area (Å²) in [7, 11) is 0. The van der Waals surface area contributed by atoms with Crippen molar-refractivity contribution in [3.8, 4) is 5.75 Å². The predicted octanol–water partition coefficient (Wildman–Crippen LogP) is 3.99. The summed E-state index contributed by atoms with van der Waals surface area (Å²) in [5.41, 5.74) is 0.583. The van der Waals surface area contributed by atoms with Gasteiger partial charge < -0.3 is 10.1 Å². The SMILES string of the molecule is CCOc1ccccc1C[C@H](NC(=O)c1ccccc1)C(F)(F)F. The highest BCUT2D eigenvalue weighted by atomic mass is 19.4. The highest BCUT2D eigenvalue weighted by Crippen LogP contribution is 2.27. The molecule has 6 heteroatoms. The number of carbonyl (C=O) groups is 1. The minimum Gasteiger partial charge on any atom is -0.494 e. The molecule has 128 valence electrons. The molecule has 1 N–H and O–H groups in total. The first-order valence-corrected chi connectivity index (χ1v) is 7.55. The van der Waals surface area contributed by atoms with Crippen LogP contribution in [-0.2, 0) is 6.42 Å². The summed E-state index contributed by atoms with van der Waals surface area (Å²) in [6.07, 6.45) is -4.96. The molecule has 0 aliphatic rings. The molecule has 0 unspecified atom stereocenters. The summed E-state index contributed by atoms with van der Waals surface area (Å²) >= 11 is 0. The highest BCUT2D eigenvalue weighted by Gasteiger charge is 2.41. The van der Waals surface area contributed by atoms with E-state index in [1.54, 1.807) is 49.4 Å². The van der Waals surface area contributed by atoms with Crippen molar-refractivity contribution in [3.63, 3.8) is 0 Å². The molecular formula is C18H18F3NO2. The maximum absolute atomic E-state index is 13.3. The van der Waals surface area contributed by atoms with E-state index in [1.165, 1.54) is 12.1 Å². The van der Waals surface area contributed by atoms with Crippen LogP contribution in [0.15, 0.2) is 54.6 Å². The van der Waals surface area contributed by atoms with Crippen molar-refractivity contribution < 1.29 is 22.7 Å². The van der Waals surface area contributed by atoms with Crippen LogP contribution in [0.2, 0.25) is 0 Å². The molecule has 1 atom stereocenters. The fourth-order valence-corrected chi connectivity index (χ4v) is 2.27. The Morgan fingerprint density at radius 1 is 1.08 bits per heavy atom. The number of nitrogens with one attached hydrogen (secondary N) is 1. The topological polar surface area (TPSA) is 38.3 Å². The van der Waals surface area contributed by atoms with E-state index in [9.17, 15) is 18.0 Å². The summed E-state index contributed by atoms with van der Waals surface area (Å²) in [6, 6.07) is 12.4. The molecule has 0 fully saturated rings. The van der Waals surface area contributed by atoms with Gasteiger partial charge in [0.05, 0.1) is 6.61 Å². The third-order valence-electron chi connectivity index (χ3n) is 3.43. The summed E-state index contributed by atoms with van der Waals surface area (Å²) < 4.78 is 45.4. The number of hydrogen-bond donors (Lipinski definition) is 1. The molecule has 2 rings (SSSR count). The predicted molar refractivity (Wildman–Crippen MR) is 85.1 cm³/mol. The smallest absolute Gasteiger partial charge is 0.408 e. The number of amides is 1. The monoisotopic (exact) mass is 337 g/mol. The van der Waals surface area contributed by atoms with Crippen LogP contribution >= 0.6 is 0 Å². The number of alkyl halides is 3. The molecule has 0 bridgehead atoms. The van der Waals surface area contributed by atoms with E-state index in [0.717, 1.165) is 0 Å². The molecule has 0 saturated carbocycles.